The molecule has 14 heavy (non-hydrogen) atoms. The van der Waals surface area contributed by atoms with Gasteiger partial charge in [0.2, 0.25) is 0 Å². The minimum absolute atomic E-state index is 1.11. The van der Waals surface area contributed by atoms with E-state index in [-0.39, 0.29) is 0 Å². The minimum atomic E-state index is 1.11. The van der Waals surface area contributed by atoms with Crippen LogP contribution < -0.4 is 0 Å². The van der Waals surface area contributed by atoms with Gasteiger partial charge in [-0.2, -0.15) is 0 Å². The van der Waals surface area contributed by atoms with E-state index >= 15 is 0 Å². The highest BCUT2D eigenvalue weighted by atomic mass is 31.0. The highest BCUT2D eigenvalue weighted by molar-refractivity contribution is 7.28. The Balaban J connectivity index is 2.87. The fourth-order valence-electron chi connectivity index (χ4n) is 1.90. The van der Waals surface area contributed by atoms with Crippen LogP contribution in [0.2, 0.25) is 0 Å². The molecule has 2 heteroatoms. The lowest BCUT2D eigenvalue weighted by Crippen LogP contribution is -1.91. The van der Waals surface area contributed by atoms with Gasteiger partial charge in [0, 0.05) is 5.39 Å². The first-order chi connectivity index (χ1) is 6.74. The van der Waals surface area contributed by atoms with Gasteiger partial charge in [0.05, 0.1) is 11.4 Å². The van der Waals surface area contributed by atoms with E-state index in [4.69, 9.17) is 0 Å². The first-order valence-electron chi connectivity index (χ1n) is 4.92. The largest absolute Gasteiger partial charge is 0.251 e. The fourth-order valence-corrected chi connectivity index (χ4v) is 2.61. The number of hydrogen-bond acceptors (Lipinski definition) is 1. The van der Waals surface area contributed by atoms with Crippen LogP contribution in [0.15, 0.2) is 17.8 Å². The second-order valence-electron chi connectivity index (χ2n) is 3.62. The van der Waals surface area contributed by atoms with Gasteiger partial charge in [0.1, 0.15) is 0 Å². The van der Waals surface area contributed by atoms with E-state index in [1.54, 1.807) is 0 Å². The van der Waals surface area contributed by atoms with Crippen molar-refractivity contribution in [3.8, 4) is 0 Å². The number of aromatic nitrogens is 1. The van der Waals surface area contributed by atoms with Gasteiger partial charge in [-0.1, -0.05) is 21.2 Å². The quantitative estimate of drug-likeness (QED) is 0.682. The predicted molar refractivity (Wildman–Crippen MR) is 63.1 cm³/mol. The van der Waals surface area contributed by atoms with E-state index in [1.807, 2.05) is 5.93 Å². The zero-order chi connectivity index (χ0) is 10.1. The van der Waals surface area contributed by atoms with Crippen molar-refractivity contribution < 1.29 is 0 Å². The molecule has 0 fully saturated rings. The molecule has 1 aromatic carbocycles. The number of nitrogens with zero attached hydrogens (tertiary/aromatic N) is 1. The maximum Gasteiger partial charge on any atom is 0.0741 e. The molecule has 2 rings (SSSR count). The van der Waals surface area contributed by atoms with Crippen LogP contribution in [0.25, 0.3) is 10.9 Å². The van der Waals surface area contributed by atoms with Gasteiger partial charge in [-0.3, -0.25) is 4.98 Å². The molecule has 0 unspecified atom stereocenters. The number of fused-ring (bicyclic) bond motifs is 1. The molecule has 1 aromatic heterocycles. The van der Waals surface area contributed by atoms with Crippen molar-refractivity contribution in [3.63, 3.8) is 0 Å². The van der Waals surface area contributed by atoms with Crippen LogP contribution >= 0.6 is 8.19 Å². The summed E-state index contributed by atoms with van der Waals surface area (Å²) in [6.07, 6.45) is 1.11. The molecule has 0 aliphatic carbocycles. The van der Waals surface area contributed by atoms with Gasteiger partial charge in [0.25, 0.3) is 0 Å². The Morgan fingerprint density at radius 3 is 2.86 bits per heavy atom. The lowest BCUT2D eigenvalue weighted by molar-refractivity contribution is 1.11. The number of hydrogen-bond donors (Lipinski definition) is 0. The standard InChI is InChI=1S/C12H14NP/c1-4-10-5-8(2)12-11(9(10)3)6-14-7-13-12/h5-7H,4H2,1-3H3. The highest BCUT2D eigenvalue weighted by Gasteiger charge is 2.05. The van der Waals surface area contributed by atoms with Gasteiger partial charge >= 0.3 is 0 Å². The molecule has 0 atom stereocenters. The maximum absolute atomic E-state index is 4.46. The molecule has 0 spiro atoms. The third-order valence-electron chi connectivity index (χ3n) is 2.74. The Morgan fingerprint density at radius 2 is 2.14 bits per heavy atom. The van der Waals surface area contributed by atoms with Crippen molar-refractivity contribution in [2.45, 2.75) is 27.2 Å². The van der Waals surface area contributed by atoms with E-state index in [0.29, 0.717) is 0 Å². The zero-order valence-electron chi connectivity index (χ0n) is 8.83. The molecular formula is C12H14NP. The summed E-state index contributed by atoms with van der Waals surface area (Å²) in [7, 11) is 1.20. The van der Waals surface area contributed by atoms with Gasteiger partial charge < -0.3 is 0 Å². The lowest BCUT2D eigenvalue weighted by Gasteiger charge is -2.09. The summed E-state index contributed by atoms with van der Waals surface area (Å²) in [6.45, 7) is 6.55. The molecule has 0 saturated heterocycles. The molecule has 0 amide bonds. The SMILES string of the molecule is CCc1cc(C)c2ncpcc2c1C. The highest BCUT2D eigenvalue weighted by Crippen LogP contribution is 2.26. The summed E-state index contributed by atoms with van der Waals surface area (Å²) in [5.41, 5.74) is 5.31. The second-order valence-corrected chi connectivity index (χ2v) is 4.40. The molecule has 2 aromatic rings. The average molecular weight is 203 g/mol. The summed E-state index contributed by atoms with van der Waals surface area (Å²) in [4.78, 5) is 4.46. The Morgan fingerprint density at radius 1 is 1.36 bits per heavy atom. The monoisotopic (exact) mass is 203 g/mol. The summed E-state index contributed by atoms with van der Waals surface area (Å²) in [6, 6.07) is 2.27. The van der Waals surface area contributed by atoms with Gasteiger partial charge in [-0.15, -0.1) is 0 Å². The molecule has 0 bridgehead atoms. The molecule has 72 valence electrons. The molecular weight excluding hydrogens is 189 g/mol. The van der Waals surface area contributed by atoms with Gasteiger partial charge in [0.15, 0.2) is 0 Å². The Bertz CT molecular complexity index is 477. The van der Waals surface area contributed by atoms with Crippen molar-refractivity contribution in [2.24, 2.45) is 0 Å². The Labute approximate surface area is 86.3 Å². The van der Waals surface area contributed by atoms with Crippen molar-refractivity contribution >= 4 is 19.1 Å². The van der Waals surface area contributed by atoms with E-state index in [2.05, 4.69) is 37.6 Å². The average Bonchev–Trinajstić information content (AvgIpc) is 2.23. The van der Waals surface area contributed by atoms with E-state index in [0.717, 1.165) is 6.42 Å². The molecule has 0 N–H and O–H groups in total. The molecule has 0 saturated carbocycles. The third-order valence-corrected chi connectivity index (χ3v) is 3.40. The number of aryl methyl sites for hydroxylation is 3. The van der Waals surface area contributed by atoms with Gasteiger partial charge in [-0.05, 0) is 42.8 Å². The maximum atomic E-state index is 4.46. The zero-order valence-corrected chi connectivity index (χ0v) is 9.73. The van der Waals surface area contributed by atoms with Crippen LogP contribution in [-0.4, -0.2) is 4.98 Å². The van der Waals surface area contributed by atoms with Crippen LogP contribution in [0.1, 0.15) is 23.6 Å². The topological polar surface area (TPSA) is 12.9 Å². The van der Waals surface area contributed by atoms with Gasteiger partial charge in [-0.25, -0.2) is 0 Å². The summed E-state index contributed by atoms with van der Waals surface area (Å²) >= 11 is 0. The first-order valence-corrected chi connectivity index (χ1v) is 5.96. The van der Waals surface area contributed by atoms with E-state index in [1.165, 1.54) is 35.8 Å². The molecule has 1 nitrogen and oxygen atoms in total. The smallest absolute Gasteiger partial charge is 0.0741 e. The Hall–Kier alpha value is -0.940. The van der Waals surface area contributed by atoms with Crippen LogP contribution in [0.3, 0.4) is 0 Å². The van der Waals surface area contributed by atoms with Crippen molar-refractivity contribution in [2.75, 3.05) is 0 Å². The first kappa shape index (κ1) is 9.61. The molecule has 0 radical (unpaired) electrons. The number of rotatable bonds is 1. The van der Waals surface area contributed by atoms with E-state index in [9.17, 15) is 0 Å². The fraction of sp³-hybridized carbons (Fsp3) is 0.333. The minimum Gasteiger partial charge on any atom is -0.251 e. The second kappa shape index (κ2) is 3.67. The van der Waals surface area contributed by atoms with Crippen molar-refractivity contribution in [3.05, 3.63) is 34.5 Å². The predicted octanol–water partition coefficient (Wildman–Crippen LogP) is 3.99. The van der Waals surface area contributed by atoms with Crippen LogP contribution in [0, 0.1) is 13.8 Å². The summed E-state index contributed by atoms with van der Waals surface area (Å²) in [5.74, 6) is 4.21. The summed E-state index contributed by atoms with van der Waals surface area (Å²) in [5, 5.41) is 1.34. The third kappa shape index (κ3) is 1.42. The van der Waals surface area contributed by atoms with Crippen molar-refractivity contribution in [1.29, 1.82) is 0 Å². The van der Waals surface area contributed by atoms with Crippen LogP contribution in [0.5, 0.6) is 0 Å². The van der Waals surface area contributed by atoms with Crippen LogP contribution in [-0.2, 0) is 6.42 Å². The lowest BCUT2D eigenvalue weighted by atomic mass is 9.99. The molecule has 0 aliphatic heterocycles. The molecule has 1 heterocycles. The van der Waals surface area contributed by atoms with E-state index < -0.39 is 0 Å². The Kier molecular flexibility index (Phi) is 2.52. The molecule has 0 aliphatic rings. The summed E-state index contributed by atoms with van der Waals surface area (Å²) < 4.78 is 0. The number of benzene rings is 1. The van der Waals surface area contributed by atoms with Crippen LogP contribution in [0.4, 0.5) is 0 Å². The van der Waals surface area contributed by atoms with Crippen molar-refractivity contribution in [1.82, 2.24) is 4.98 Å². The normalized spacial score (nSPS) is 11.4.